The molecule has 0 aliphatic carbocycles. The van der Waals surface area contributed by atoms with Gasteiger partial charge in [-0.25, -0.2) is 4.79 Å². The lowest BCUT2D eigenvalue weighted by molar-refractivity contribution is 0.0691. The monoisotopic (exact) mass is 205 g/mol. The summed E-state index contributed by atoms with van der Waals surface area (Å²) < 4.78 is 0. The Morgan fingerprint density at radius 3 is 2.80 bits per heavy atom. The number of carboxylic acids is 1. The van der Waals surface area contributed by atoms with Gasteiger partial charge >= 0.3 is 5.97 Å². The van der Waals surface area contributed by atoms with Crippen LogP contribution in [0.4, 0.5) is 0 Å². The van der Waals surface area contributed by atoms with Gasteiger partial charge in [-0.05, 0) is 13.0 Å². The summed E-state index contributed by atoms with van der Waals surface area (Å²) in [4.78, 5) is 13.5. The van der Waals surface area contributed by atoms with Crippen LogP contribution in [-0.2, 0) is 0 Å². The van der Waals surface area contributed by atoms with Crippen molar-refractivity contribution in [1.29, 1.82) is 0 Å². The first kappa shape index (κ1) is 9.73. The molecule has 0 saturated carbocycles. The van der Waals surface area contributed by atoms with Gasteiger partial charge in [-0.15, -0.1) is 0 Å². The fraction of sp³-hybridized carbons (Fsp3) is 0.182. The number of hydrogen-bond donors (Lipinski definition) is 3. The summed E-state index contributed by atoms with van der Waals surface area (Å²) in [5.74, 6) is -0.997. The Kier molecular flexibility index (Phi) is 2.21. The summed E-state index contributed by atoms with van der Waals surface area (Å²) in [6, 6.07) is 6.94. The minimum atomic E-state index is -0.997. The number of carbonyl (C=O) groups is 1. The van der Waals surface area contributed by atoms with Crippen LogP contribution in [0.5, 0.6) is 0 Å². The number of carboxylic acid groups (broad SMARTS) is 1. The van der Waals surface area contributed by atoms with E-state index in [2.05, 4.69) is 4.98 Å². The molecule has 0 bridgehead atoms. The number of benzene rings is 1. The van der Waals surface area contributed by atoms with E-state index in [1.807, 2.05) is 6.07 Å². The average molecular weight is 205 g/mol. The number of nitrogens with one attached hydrogen (secondary N) is 1. The predicted molar refractivity (Wildman–Crippen MR) is 55.9 cm³/mol. The maximum absolute atomic E-state index is 10.8. The van der Waals surface area contributed by atoms with E-state index in [0.29, 0.717) is 11.1 Å². The highest BCUT2D eigenvalue weighted by molar-refractivity contribution is 5.94. The Hall–Kier alpha value is -1.81. The van der Waals surface area contributed by atoms with E-state index < -0.39 is 12.1 Å². The SMILES string of the molecule is CC(O)c1cccc2cc(C(=O)O)[nH]c12. The number of aromatic nitrogens is 1. The molecule has 0 amide bonds. The van der Waals surface area contributed by atoms with Gasteiger partial charge in [0.25, 0.3) is 0 Å². The van der Waals surface area contributed by atoms with Gasteiger partial charge in [-0.1, -0.05) is 18.2 Å². The molecule has 0 radical (unpaired) electrons. The number of para-hydroxylation sites is 1. The Labute approximate surface area is 86.2 Å². The van der Waals surface area contributed by atoms with Crippen LogP contribution in [-0.4, -0.2) is 21.2 Å². The molecule has 4 heteroatoms. The summed E-state index contributed by atoms with van der Waals surface area (Å²) in [6.07, 6.45) is -0.617. The topological polar surface area (TPSA) is 73.3 Å². The van der Waals surface area contributed by atoms with Gasteiger partial charge in [0, 0.05) is 10.9 Å². The lowest BCUT2D eigenvalue weighted by atomic mass is 10.1. The van der Waals surface area contributed by atoms with Crippen LogP contribution in [0.3, 0.4) is 0 Å². The van der Waals surface area contributed by atoms with E-state index in [4.69, 9.17) is 5.11 Å². The van der Waals surface area contributed by atoms with Crippen molar-refractivity contribution in [3.05, 3.63) is 35.5 Å². The molecule has 15 heavy (non-hydrogen) atoms. The molecular formula is C11H11NO3. The van der Waals surface area contributed by atoms with E-state index in [-0.39, 0.29) is 5.69 Å². The molecule has 0 aliphatic rings. The van der Waals surface area contributed by atoms with Crippen molar-refractivity contribution in [3.63, 3.8) is 0 Å². The van der Waals surface area contributed by atoms with Crippen LogP contribution < -0.4 is 0 Å². The second kappa shape index (κ2) is 3.40. The van der Waals surface area contributed by atoms with Crippen molar-refractivity contribution in [2.45, 2.75) is 13.0 Å². The molecule has 0 fully saturated rings. The molecular weight excluding hydrogens is 194 g/mol. The number of aliphatic hydroxyl groups excluding tert-OH is 1. The molecule has 1 atom stereocenters. The highest BCUT2D eigenvalue weighted by atomic mass is 16.4. The smallest absolute Gasteiger partial charge is 0.352 e. The van der Waals surface area contributed by atoms with Gasteiger partial charge in [-0.3, -0.25) is 0 Å². The molecule has 0 saturated heterocycles. The minimum absolute atomic E-state index is 0.137. The molecule has 0 aliphatic heterocycles. The van der Waals surface area contributed by atoms with Gasteiger partial charge in [0.2, 0.25) is 0 Å². The van der Waals surface area contributed by atoms with Crippen molar-refractivity contribution in [1.82, 2.24) is 4.98 Å². The first-order valence-electron chi connectivity index (χ1n) is 4.62. The summed E-state index contributed by atoms with van der Waals surface area (Å²) in [5.41, 5.74) is 1.53. The van der Waals surface area contributed by atoms with Crippen molar-refractivity contribution >= 4 is 16.9 Å². The van der Waals surface area contributed by atoms with E-state index in [9.17, 15) is 9.90 Å². The molecule has 78 valence electrons. The van der Waals surface area contributed by atoms with Crippen LogP contribution in [0.2, 0.25) is 0 Å². The number of fused-ring (bicyclic) bond motifs is 1. The van der Waals surface area contributed by atoms with E-state index in [0.717, 1.165) is 5.39 Å². The van der Waals surface area contributed by atoms with E-state index >= 15 is 0 Å². The first-order chi connectivity index (χ1) is 7.09. The number of aromatic carboxylic acids is 1. The van der Waals surface area contributed by atoms with Gasteiger partial charge in [0.15, 0.2) is 0 Å². The Morgan fingerprint density at radius 1 is 1.47 bits per heavy atom. The summed E-state index contributed by atoms with van der Waals surface area (Å²) in [5, 5.41) is 19.1. The maximum Gasteiger partial charge on any atom is 0.352 e. The van der Waals surface area contributed by atoms with Crippen molar-refractivity contribution in [2.75, 3.05) is 0 Å². The molecule has 2 rings (SSSR count). The van der Waals surface area contributed by atoms with Crippen molar-refractivity contribution < 1.29 is 15.0 Å². The third-order valence-corrected chi connectivity index (χ3v) is 2.37. The largest absolute Gasteiger partial charge is 0.477 e. The lowest BCUT2D eigenvalue weighted by Crippen LogP contribution is -1.96. The standard InChI is InChI=1S/C11H11NO3/c1-6(13)8-4-2-3-7-5-9(11(14)15)12-10(7)8/h2-6,12-13H,1H3,(H,14,15). The van der Waals surface area contributed by atoms with E-state index in [1.165, 1.54) is 0 Å². The van der Waals surface area contributed by atoms with Gasteiger partial charge in [0.1, 0.15) is 5.69 Å². The fourth-order valence-electron chi connectivity index (χ4n) is 1.64. The van der Waals surface area contributed by atoms with Crippen LogP contribution in [0, 0.1) is 0 Å². The van der Waals surface area contributed by atoms with Crippen molar-refractivity contribution in [3.8, 4) is 0 Å². The second-order valence-electron chi connectivity index (χ2n) is 3.48. The summed E-state index contributed by atoms with van der Waals surface area (Å²) in [7, 11) is 0. The van der Waals surface area contributed by atoms with Crippen LogP contribution in [0.15, 0.2) is 24.3 Å². The number of aliphatic hydroxyl groups is 1. The first-order valence-corrected chi connectivity index (χ1v) is 4.62. The summed E-state index contributed by atoms with van der Waals surface area (Å²) in [6.45, 7) is 1.65. The van der Waals surface area contributed by atoms with Gasteiger partial charge in [0.05, 0.1) is 11.6 Å². The molecule has 2 aromatic rings. The lowest BCUT2D eigenvalue weighted by Gasteiger charge is -2.05. The molecule has 3 N–H and O–H groups in total. The molecule has 1 aromatic heterocycles. The molecule has 1 aromatic carbocycles. The molecule has 1 heterocycles. The zero-order valence-corrected chi connectivity index (χ0v) is 8.19. The molecule has 1 unspecified atom stereocenters. The summed E-state index contributed by atoms with van der Waals surface area (Å²) >= 11 is 0. The van der Waals surface area contributed by atoms with Gasteiger partial charge < -0.3 is 15.2 Å². The number of aromatic amines is 1. The molecule has 4 nitrogen and oxygen atoms in total. The number of rotatable bonds is 2. The Balaban J connectivity index is 2.69. The third kappa shape index (κ3) is 1.59. The molecule has 0 spiro atoms. The fourth-order valence-corrected chi connectivity index (χ4v) is 1.64. The number of hydrogen-bond acceptors (Lipinski definition) is 2. The quantitative estimate of drug-likeness (QED) is 0.701. The second-order valence-corrected chi connectivity index (χ2v) is 3.48. The van der Waals surface area contributed by atoms with Crippen LogP contribution in [0.1, 0.15) is 29.1 Å². The Morgan fingerprint density at radius 2 is 2.20 bits per heavy atom. The zero-order chi connectivity index (χ0) is 11.0. The van der Waals surface area contributed by atoms with Crippen LogP contribution >= 0.6 is 0 Å². The highest BCUT2D eigenvalue weighted by Crippen LogP contribution is 2.24. The third-order valence-electron chi connectivity index (χ3n) is 2.37. The number of H-pyrrole nitrogens is 1. The zero-order valence-electron chi connectivity index (χ0n) is 8.19. The van der Waals surface area contributed by atoms with Gasteiger partial charge in [-0.2, -0.15) is 0 Å². The average Bonchev–Trinajstić information content (AvgIpc) is 2.60. The predicted octanol–water partition coefficient (Wildman–Crippen LogP) is 1.92. The normalized spacial score (nSPS) is 12.9. The van der Waals surface area contributed by atoms with Crippen LogP contribution in [0.25, 0.3) is 10.9 Å². The minimum Gasteiger partial charge on any atom is -0.477 e. The highest BCUT2D eigenvalue weighted by Gasteiger charge is 2.11. The Bertz CT molecular complexity index is 514. The maximum atomic E-state index is 10.8. The van der Waals surface area contributed by atoms with Crippen molar-refractivity contribution in [2.24, 2.45) is 0 Å². The van der Waals surface area contributed by atoms with E-state index in [1.54, 1.807) is 25.1 Å².